The largest absolute Gasteiger partial charge is 0.295 e. The number of rotatable bonds is 5. The molecule has 0 aliphatic rings. The summed E-state index contributed by atoms with van der Waals surface area (Å²) < 4.78 is 0. The van der Waals surface area contributed by atoms with Crippen molar-refractivity contribution in [2.24, 2.45) is 10.9 Å². The lowest BCUT2D eigenvalue weighted by molar-refractivity contribution is 0.101. The second kappa shape index (κ2) is 10.2. The summed E-state index contributed by atoms with van der Waals surface area (Å²) in [6.07, 6.45) is 9.67. The van der Waals surface area contributed by atoms with Crippen LogP contribution in [-0.4, -0.2) is 11.5 Å². The first kappa shape index (κ1) is 19.4. The van der Waals surface area contributed by atoms with Crippen LogP contribution >= 0.6 is 0 Å². The van der Waals surface area contributed by atoms with Crippen LogP contribution in [-0.2, 0) is 0 Å². The number of benzene rings is 1. The molecular weight excluding hydrogens is 294 g/mol. The van der Waals surface area contributed by atoms with E-state index in [1.165, 1.54) is 0 Å². The molecule has 0 saturated heterocycles. The van der Waals surface area contributed by atoms with Crippen LogP contribution < -0.4 is 0 Å². The lowest BCUT2D eigenvalue weighted by atomic mass is 10.0. The summed E-state index contributed by atoms with van der Waals surface area (Å²) in [4.78, 5) is 15.9. The molecule has 124 valence electrons. The van der Waals surface area contributed by atoms with Crippen molar-refractivity contribution in [1.29, 1.82) is 0 Å². The number of Topliss-reactive ketones (excluding diaryl/α,β-unsaturated/α-hetero) is 1. The quantitative estimate of drug-likeness (QED) is 0.310. The van der Waals surface area contributed by atoms with Crippen LogP contribution in [0.4, 0.5) is 0 Å². The molecule has 0 heterocycles. The van der Waals surface area contributed by atoms with Crippen LogP contribution in [0, 0.1) is 17.8 Å². The minimum Gasteiger partial charge on any atom is -0.295 e. The molecule has 2 nitrogen and oxygen atoms in total. The van der Waals surface area contributed by atoms with Crippen molar-refractivity contribution in [3.63, 3.8) is 0 Å². The molecule has 2 heteroatoms. The van der Waals surface area contributed by atoms with Gasteiger partial charge in [-0.3, -0.25) is 9.79 Å². The Balaban J connectivity index is 3.03. The van der Waals surface area contributed by atoms with E-state index >= 15 is 0 Å². The Morgan fingerprint density at radius 3 is 2.58 bits per heavy atom. The van der Waals surface area contributed by atoms with Crippen molar-refractivity contribution in [1.82, 2.24) is 0 Å². The van der Waals surface area contributed by atoms with Gasteiger partial charge in [-0.25, -0.2) is 0 Å². The molecule has 0 aliphatic heterocycles. The molecule has 1 aromatic rings. The second-order valence-electron chi connectivity index (χ2n) is 5.78. The average Bonchev–Trinajstić information content (AvgIpc) is 2.55. The summed E-state index contributed by atoms with van der Waals surface area (Å²) in [7, 11) is 0. The predicted molar refractivity (Wildman–Crippen MR) is 103 cm³/mol. The Morgan fingerprint density at radius 1 is 1.21 bits per heavy atom. The van der Waals surface area contributed by atoms with Crippen molar-refractivity contribution >= 4 is 11.5 Å². The Bertz CT molecular complexity index is 750. The Hall–Kier alpha value is -2.66. The van der Waals surface area contributed by atoms with E-state index in [1.54, 1.807) is 13.0 Å². The highest BCUT2D eigenvalue weighted by Gasteiger charge is 2.01. The fourth-order valence-electron chi connectivity index (χ4n) is 1.81. The van der Waals surface area contributed by atoms with E-state index in [0.29, 0.717) is 5.56 Å². The topological polar surface area (TPSA) is 29.4 Å². The van der Waals surface area contributed by atoms with Gasteiger partial charge >= 0.3 is 0 Å². The van der Waals surface area contributed by atoms with Crippen molar-refractivity contribution < 1.29 is 4.79 Å². The molecule has 0 amide bonds. The molecule has 0 spiro atoms. The van der Waals surface area contributed by atoms with E-state index in [-0.39, 0.29) is 11.7 Å². The third-order valence-corrected chi connectivity index (χ3v) is 3.29. The van der Waals surface area contributed by atoms with Gasteiger partial charge < -0.3 is 0 Å². The van der Waals surface area contributed by atoms with Crippen molar-refractivity contribution in [2.75, 3.05) is 0 Å². The highest BCUT2D eigenvalue weighted by Crippen LogP contribution is 2.10. The lowest BCUT2D eigenvalue weighted by Gasteiger charge is -2.02. The van der Waals surface area contributed by atoms with Gasteiger partial charge in [0.25, 0.3) is 0 Å². The number of carbonyl (C=O) groups excluding carboxylic acids is 1. The van der Waals surface area contributed by atoms with Gasteiger partial charge in [-0.2, -0.15) is 0 Å². The molecular formula is C22H25NO. The van der Waals surface area contributed by atoms with Crippen LogP contribution in [0.2, 0.25) is 0 Å². The number of hydrogen-bond donors (Lipinski definition) is 0. The molecule has 0 fully saturated rings. The van der Waals surface area contributed by atoms with Gasteiger partial charge in [-0.15, -0.1) is 0 Å². The summed E-state index contributed by atoms with van der Waals surface area (Å²) in [6, 6.07) is 7.39. The summed E-state index contributed by atoms with van der Waals surface area (Å²) in [5, 5.41) is 0. The number of nitrogens with zero attached hydrogens (tertiary/aromatic N) is 1. The van der Waals surface area contributed by atoms with Crippen LogP contribution in [0.5, 0.6) is 0 Å². The fourth-order valence-corrected chi connectivity index (χ4v) is 1.81. The van der Waals surface area contributed by atoms with Gasteiger partial charge in [-0.05, 0) is 44.9 Å². The molecule has 0 aliphatic carbocycles. The van der Waals surface area contributed by atoms with Crippen molar-refractivity contribution in [3.8, 4) is 11.8 Å². The number of hydrogen-bond acceptors (Lipinski definition) is 2. The van der Waals surface area contributed by atoms with E-state index in [2.05, 4.69) is 30.7 Å². The van der Waals surface area contributed by atoms with Crippen LogP contribution in [0.25, 0.3) is 0 Å². The molecule has 0 aromatic heterocycles. The molecule has 0 saturated carbocycles. The van der Waals surface area contributed by atoms with Crippen molar-refractivity contribution in [3.05, 3.63) is 71.5 Å². The molecule has 24 heavy (non-hydrogen) atoms. The van der Waals surface area contributed by atoms with Crippen LogP contribution in [0.15, 0.2) is 65.3 Å². The lowest BCUT2D eigenvalue weighted by Crippen LogP contribution is -1.93. The van der Waals surface area contributed by atoms with Gasteiger partial charge in [0.2, 0.25) is 0 Å². The van der Waals surface area contributed by atoms with Gasteiger partial charge in [-0.1, -0.05) is 56.0 Å². The van der Waals surface area contributed by atoms with E-state index in [0.717, 1.165) is 16.8 Å². The van der Waals surface area contributed by atoms with Gasteiger partial charge in [0.15, 0.2) is 5.78 Å². The fraction of sp³-hybridized carbons (Fsp3) is 0.273. The van der Waals surface area contributed by atoms with Crippen LogP contribution in [0.1, 0.15) is 50.5 Å². The molecule has 0 radical (unpaired) electrons. The molecule has 1 aromatic carbocycles. The highest BCUT2D eigenvalue weighted by atomic mass is 16.1. The molecule has 0 N–H and O–H groups in total. The molecule has 0 atom stereocenters. The summed E-state index contributed by atoms with van der Waals surface area (Å²) in [5.41, 5.74) is 3.40. The maximum absolute atomic E-state index is 11.4. The third-order valence-electron chi connectivity index (χ3n) is 3.29. The first-order chi connectivity index (χ1) is 11.4. The van der Waals surface area contributed by atoms with Crippen LogP contribution in [0.3, 0.4) is 0 Å². The van der Waals surface area contributed by atoms with Gasteiger partial charge in [0.05, 0.1) is 0 Å². The normalized spacial score (nSPS) is 12.8. The number of ketones is 1. The molecule has 1 rings (SSSR count). The zero-order valence-electron chi connectivity index (χ0n) is 15.1. The molecule has 0 bridgehead atoms. The number of allylic oxidation sites excluding steroid dienone is 5. The maximum Gasteiger partial charge on any atom is 0.159 e. The van der Waals surface area contributed by atoms with E-state index < -0.39 is 0 Å². The van der Waals surface area contributed by atoms with Gasteiger partial charge in [0.1, 0.15) is 0 Å². The minimum atomic E-state index is 0.0476. The van der Waals surface area contributed by atoms with E-state index in [4.69, 9.17) is 0 Å². The number of aliphatic imine (C=N–C) groups is 1. The SMILES string of the molecule is C\C=C/C=C\C(C)=N\C=C(\C#Cc1cccc(C(C)=O)c1)C(C)C. The first-order valence-corrected chi connectivity index (χ1v) is 8.11. The van der Waals surface area contributed by atoms with Crippen molar-refractivity contribution in [2.45, 2.75) is 34.6 Å². The standard InChI is InChI=1S/C22H25NO/c1-6-7-8-10-18(4)23-16-22(17(2)3)14-13-20-11-9-12-21(15-20)19(5)24/h6-12,15-17H,1-5H3/b7-6-,10-8-,22-16-,23-18+. The van der Waals surface area contributed by atoms with E-state index in [1.807, 2.05) is 62.6 Å². The Morgan fingerprint density at radius 2 is 1.96 bits per heavy atom. The zero-order valence-corrected chi connectivity index (χ0v) is 15.1. The summed E-state index contributed by atoms with van der Waals surface area (Å²) >= 11 is 0. The first-order valence-electron chi connectivity index (χ1n) is 8.11. The van der Waals surface area contributed by atoms with Gasteiger partial charge in [0, 0.05) is 28.6 Å². The monoisotopic (exact) mass is 319 g/mol. The zero-order chi connectivity index (χ0) is 17.9. The predicted octanol–water partition coefficient (Wildman–Crippen LogP) is 5.37. The summed E-state index contributed by atoms with van der Waals surface area (Å²) in [6.45, 7) is 9.67. The maximum atomic E-state index is 11.4. The molecule has 0 unspecified atom stereocenters. The minimum absolute atomic E-state index is 0.0476. The smallest absolute Gasteiger partial charge is 0.159 e. The second-order valence-corrected chi connectivity index (χ2v) is 5.78. The Kier molecular flexibility index (Phi) is 8.22. The number of carbonyl (C=O) groups is 1. The third kappa shape index (κ3) is 7.07. The summed E-state index contributed by atoms with van der Waals surface area (Å²) in [5.74, 6) is 6.64. The highest BCUT2D eigenvalue weighted by molar-refractivity contribution is 5.94. The Labute approximate surface area is 145 Å². The average molecular weight is 319 g/mol. The van der Waals surface area contributed by atoms with E-state index in [9.17, 15) is 4.79 Å².